The molecule has 1 aromatic heterocycles. The van der Waals surface area contributed by atoms with E-state index in [9.17, 15) is 4.79 Å². The van der Waals surface area contributed by atoms with Gasteiger partial charge in [0, 0.05) is 0 Å². The minimum absolute atomic E-state index is 0.0236. The van der Waals surface area contributed by atoms with Gasteiger partial charge < -0.3 is 17.2 Å². The van der Waals surface area contributed by atoms with Crippen molar-refractivity contribution in [3.63, 3.8) is 0 Å². The first-order chi connectivity index (χ1) is 7.45. The van der Waals surface area contributed by atoms with E-state index in [0.717, 1.165) is 11.8 Å². The van der Waals surface area contributed by atoms with E-state index in [4.69, 9.17) is 28.8 Å². The van der Waals surface area contributed by atoms with Crippen molar-refractivity contribution in [3.05, 3.63) is 16.7 Å². The molecule has 6 nitrogen and oxygen atoms in total. The molecule has 0 spiro atoms. The largest absolute Gasteiger partial charge is 0.383 e. The fourth-order valence-electron chi connectivity index (χ4n) is 0.895. The zero-order valence-corrected chi connectivity index (χ0v) is 9.97. The van der Waals surface area contributed by atoms with E-state index in [0.29, 0.717) is 0 Å². The topological polar surface area (TPSA) is 120 Å². The van der Waals surface area contributed by atoms with Gasteiger partial charge in [0.25, 0.3) is 5.91 Å². The van der Waals surface area contributed by atoms with E-state index in [1.54, 1.807) is 6.26 Å². The van der Waals surface area contributed by atoms with Gasteiger partial charge >= 0.3 is 0 Å². The van der Waals surface area contributed by atoms with Gasteiger partial charge in [-0.1, -0.05) is 23.4 Å². The Morgan fingerprint density at radius 1 is 1.50 bits per heavy atom. The first kappa shape index (κ1) is 12.6. The molecule has 16 heavy (non-hydrogen) atoms. The molecule has 1 rings (SSSR count). The molecule has 0 saturated carbocycles. The Morgan fingerprint density at radius 2 is 2.12 bits per heavy atom. The van der Waals surface area contributed by atoms with Crippen molar-refractivity contribution in [2.75, 3.05) is 17.7 Å². The van der Waals surface area contributed by atoms with Crippen molar-refractivity contribution < 1.29 is 4.79 Å². The van der Waals surface area contributed by atoms with E-state index >= 15 is 0 Å². The molecule has 0 radical (unpaired) electrons. The highest BCUT2D eigenvalue weighted by Gasteiger charge is 2.13. The summed E-state index contributed by atoms with van der Waals surface area (Å²) < 4.78 is 0. The van der Waals surface area contributed by atoms with Crippen LogP contribution in [0.25, 0.3) is 0 Å². The molecule has 0 bridgehead atoms. The summed E-state index contributed by atoms with van der Waals surface area (Å²) in [5.74, 6) is -0.555. The monoisotopic (exact) mass is 259 g/mol. The third kappa shape index (κ3) is 2.77. The van der Waals surface area contributed by atoms with Crippen molar-refractivity contribution in [3.8, 4) is 0 Å². The lowest BCUT2D eigenvalue weighted by Gasteiger charge is -2.04. The van der Waals surface area contributed by atoms with Crippen LogP contribution in [0.3, 0.4) is 0 Å². The number of halogens is 1. The molecule has 0 aliphatic rings. The number of amides is 1. The number of pyridine rings is 1. The molecule has 86 valence electrons. The fourth-order valence-corrected chi connectivity index (χ4v) is 1.22. The van der Waals surface area contributed by atoms with Gasteiger partial charge in [-0.05, 0) is 12.3 Å². The number of rotatable bonds is 1. The SMILES string of the molecule is CS/C(N)=N\C(=O)c1cc(Cl)c(N)nc1N. The number of nitrogens with zero attached hydrogens (tertiary/aromatic N) is 2. The second kappa shape index (κ2) is 5.04. The van der Waals surface area contributed by atoms with Crippen LogP contribution < -0.4 is 17.2 Å². The molecule has 0 saturated heterocycles. The summed E-state index contributed by atoms with van der Waals surface area (Å²) in [7, 11) is 0. The first-order valence-corrected chi connectivity index (χ1v) is 5.70. The molecule has 1 aromatic rings. The Balaban J connectivity index is 3.14. The average molecular weight is 260 g/mol. The Hall–Kier alpha value is -1.47. The van der Waals surface area contributed by atoms with Gasteiger partial charge in [0.1, 0.15) is 11.6 Å². The van der Waals surface area contributed by atoms with E-state index < -0.39 is 5.91 Å². The number of nitrogen functional groups attached to an aromatic ring is 2. The van der Waals surface area contributed by atoms with Crippen molar-refractivity contribution in [1.82, 2.24) is 4.98 Å². The lowest BCUT2D eigenvalue weighted by Crippen LogP contribution is -2.12. The van der Waals surface area contributed by atoms with Crippen LogP contribution in [0.5, 0.6) is 0 Å². The maximum atomic E-state index is 11.6. The molecular formula is C8H10ClN5OS. The highest BCUT2D eigenvalue weighted by atomic mass is 35.5. The summed E-state index contributed by atoms with van der Waals surface area (Å²) in [6.07, 6.45) is 1.70. The quantitative estimate of drug-likeness (QED) is 0.505. The van der Waals surface area contributed by atoms with E-state index in [1.807, 2.05) is 0 Å². The number of carbonyl (C=O) groups is 1. The Morgan fingerprint density at radius 3 is 2.69 bits per heavy atom. The molecule has 0 fully saturated rings. The number of hydrogen-bond donors (Lipinski definition) is 3. The molecule has 0 aliphatic carbocycles. The maximum absolute atomic E-state index is 11.6. The van der Waals surface area contributed by atoms with Gasteiger partial charge in [-0.3, -0.25) is 4.79 Å². The second-order valence-electron chi connectivity index (χ2n) is 2.75. The summed E-state index contributed by atoms with van der Waals surface area (Å²) in [6.45, 7) is 0. The molecule has 0 unspecified atom stereocenters. The van der Waals surface area contributed by atoms with Crippen LogP contribution >= 0.6 is 23.4 Å². The maximum Gasteiger partial charge on any atom is 0.283 e. The van der Waals surface area contributed by atoms with Gasteiger partial charge in [-0.2, -0.15) is 4.99 Å². The first-order valence-electron chi connectivity index (χ1n) is 4.09. The number of thioether (sulfide) groups is 1. The number of nitrogens with two attached hydrogens (primary N) is 3. The standard InChI is InChI=1S/C8H10ClN5OS/c1-16-8(12)14-7(15)3-2-4(9)6(11)13-5(3)10/h2H,1H3,(H4,10,11,13)(H2,12,14,15). The zero-order valence-electron chi connectivity index (χ0n) is 8.40. The van der Waals surface area contributed by atoms with E-state index in [2.05, 4.69) is 9.98 Å². The van der Waals surface area contributed by atoms with Crippen molar-refractivity contribution >= 4 is 46.1 Å². The number of aliphatic imine (C=N–C) groups is 1. The number of amidine groups is 1. The Labute approximate surface area is 101 Å². The van der Waals surface area contributed by atoms with E-state index in [-0.39, 0.29) is 27.4 Å². The Bertz CT molecular complexity index is 462. The van der Waals surface area contributed by atoms with Crippen molar-refractivity contribution in [2.24, 2.45) is 10.7 Å². The predicted octanol–water partition coefficient (Wildman–Crippen LogP) is 0.717. The van der Waals surface area contributed by atoms with Gasteiger partial charge in [0.2, 0.25) is 0 Å². The minimum atomic E-state index is -0.598. The predicted molar refractivity (Wildman–Crippen MR) is 67.5 cm³/mol. The van der Waals surface area contributed by atoms with Crippen LogP contribution in [0.2, 0.25) is 5.02 Å². The molecule has 1 heterocycles. The minimum Gasteiger partial charge on any atom is -0.383 e. The van der Waals surface area contributed by atoms with Gasteiger partial charge in [-0.25, -0.2) is 4.98 Å². The lowest BCUT2D eigenvalue weighted by atomic mass is 10.2. The molecule has 0 atom stereocenters. The molecule has 0 aliphatic heterocycles. The lowest BCUT2D eigenvalue weighted by molar-refractivity contribution is 0.100. The van der Waals surface area contributed by atoms with Crippen LogP contribution in [-0.4, -0.2) is 22.3 Å². The third-order valence-electron chi connectivity index (χ3n) is 1.68. The summed E-state index contributed by atoms with van der Waals surface area (Å²) in [4.78, 5) is 18.9. The fraction of sp³-hybridized carbons (Fsp3) is 0.125. The molecule has 1 amide bonds. The van der Waals surface area contributed by atoms with Crippen LogP contribution in [0.1, 0.15) is 10.4 Å². The number of anilines is 2. The number of carbonyl (C=O) groups excluding carboxylic acids is 1. The van der Waals surface area contributed by atoms with Gasteiger partial charge in [0.05, 0.1) is 10.6 Å². The molecule has 0 aromatic carbocycles. The normalized spacial score (nSPS) is 11.5. The summed E-state index contributed by atoms with van der Waals surface area (Å²) in [5.41, 5.74) is 16.4. The van der Waals surface area contributed by atoms with Crippen molar-refractivity contribution in [1.29, 1.82) is 0 Å². The number of hydrogen-bond acceptors (Lipinski definition) is 5. The van der Waals surface area contributed by atoms with Gasteiger partial charge in [-0.15, -0.1) is 0 Å². The smallest absolute Gasteiger partial charge is 0.283 e. The average Bonchev–Trinajstić information content (AvgIpc) is 2.23. The highest BCUT2D eigenvalue weighted by molar-refractivity contribution is 8.13. The van der Waals surface area contributed by atoms with Gasteiger partial charge in [0.15, 0.2) is 5.17 Å². The van der Waals surface area contributed by atoms with Crippen LogP contribution in [0.4, 0.5) is 11.6 Å². The molecule has 6 N–H and O–H groups in total. The Kier molecular flexibility index (Phi) is 3.97. The summed E-state index contributed by atoms with van der Waals surface area (Å²) in [6, 6.07) is 1.32. The summed E-state index contributed by atoms with van der Waals surface area (Å²) >= 11 is 6.87. The third-order valence-corrected chi connectivity index (χ3v) is 2.50. The molecule has 8 heteroatoms. The second-order valence-corrected chi connectivity index (χ2v) is 3.98. The highest BCUT2D eigenvalue weighted by Crippen LogP contribution is 2.22. The van der Waals surface area contributed by atoms with Crippen molar-refractivity contribution in [2.45, 2.75) is 0 Å². The van der Waals surface area contributed by atoms with Crippen LogP contribution in [0, 0.1) is 0 Å². The van der Waals surface area contributed by atoms with Crippen LogP contribution in [-0.2, 0) is 0 Å². The zero-order chi connectivity index (χ0) is 12.3. The number of aromatic nitrogens is 1. The van der Waals surface area contributed by atoms with E-state index in [1.165, 1.54) is 6.07 Å². The van der Waals surface area contributed by atoms with Crippen LogP contribution in [0.15, 0.2) is 11.1 Å². The molecular weight excluding hydrogens is 250 g/mol. The summed E-state index contributed by atoms with van der Waals surface area (Å²) in [5, 5.41) is 0.285.